The molecule has 3 atom stereocenters. The van der Waals surface area contributed by atoms with Gasteiger partial charge in [0.1, 0.15) is 5.60 Å². The van der Waals surface area contributed by atoms with Gasteiger partial charge in [-0.05, 0) is 51.2 Å². The van der Waals surface area contributed by atoms with Crippen LogP contribution in [0.1, 0.15) is 50.4 Å². The third-order valence-corrected chi connectivity index (χ3v) is 8.33. The normalized spacial score (nSPS) is 26.9. The number of carbonyl (C=O) groups is 2. The Labute approximate surface area is 208 Å². The number of hydrogen-bond acceptors (Lipinski definition) is 6. The van der Waals surface area contributed by atoms with Gasteiger partial charge in [-0.3, -0.25) is 9.78 Å². The largest absolute Gasteiger partial charge is 0.444 e. The van der Waals surface area contributed by atoms with Crippen LogP contribution in [0.2, 0.25) is 0 Å². The molecule has 13 heteroatoms. The molecular formula is C23H31F3N4O5S. The lowest BCUT2D eigenvalue weighted by atomic mass is 9.78. The van der Waals surface area contributed by atoms with Gasteiger partial charge >= 0.3 is 12.3 Å². The number of nitrogens with zero attached hydrogens (tertiary/aromatic N) is 3. The molecule has 3 aliphatic rings. The summed E-state index contributed by atoms with van der Waals surface area (Å²) in [6.45, 7) is 5.53. The number of hydrogen-bond donors (Lipinski definition) is 1. The molecule has 1 aliphatic carbocycles. The Bertz CT molecular complexity index is 1170. The number of aromatic nitrogens is 1. The Balaban J connectivity index is 1.58. The molecular weight excluding hydrogens is 501 g/mol. The number of alkyl halides is 3. The lowest BCUT2D eigenvalue weighted by Gasteiger charge is -2.37. The molecule has 9 nitrogen and oxygen atoms in total. The van der Waals surface area contributed by atoms with E-state index < -0.39 is 44.9 Å². The van der Waals surface area contributed by atoms with Gasteiger partial charge < -0.3 is 15.0 Å². The highest BCUT2D eigenvalue weighted by atomic mass is 32.2. The molecule has 1 N–H and O–H groups in total. The smallest absolute Gasteiger partial charge is 0.417 e. The first kappa shape index (κ1) is 26.6. The van der Waals surface area contributed by atoms with Crippen LogP contribution in [0.15, 0.2) is 12.3 Å². The van der Waals surface area contributed by atoms with E-state index >= 15 is 0 Å². The number of nitrogens with one attached hydrogen (secondary N) is 1. The molecule has 3 heterocycles. The minimum atomic E-state index is -4.55. The van der Waals surface area contributed by atoms with Crippen LogP contribution >= 0.6 is 0 Å². The van der Waals surface area contributed by atoms with E-state index in [9.17, 15) is 31.2 Å². The Kier molecular flexibility index (Phi) is 6.56. The Hall–Kier alpha value is -2.41. The number of carbonyl (C=O) groups excluding carboxylic acids is 2. The summed E-state index contributed by atoms with van der Waals surface area (Å²) in [5.74, 6) is -0.657. The van der Waals surface area contributed by atoms with Crippen LogP contribution in [0, 0.1) is 11.3 Å². The summed E-state index contributed by atoms with van der Waals surface area (Å²) in [5, 5.41) is 2.81. The second-order valence-electron chi connectivity index (χ2n) is 11.0. The summed E-state index contributed by atoms with van der Waals surface area (Å²) >= 11 is 0. The molecule has 0 radical (unpaired) electrons. The number of alkyl carbamates (subject to hydrolysis) is 1. The Morgan fingerprint density at radius 3 is 2.56 bits per heavy atom. The van der Waals surface area contributed by atoms with E-state index in [1.165, 1.54) is 9.21 Å². The highest BCUT2D eigenvalue weighted by Gasteiger charge is 2.60. The SMILES string of the molecule is CC(C)(C)OC(=O)N[C@@H]1C[C@H]2CN(S(C)(=O)=O)C[C@@]2(C(=O)N2CCc3ncc(C(F)(F)F)cc3C2)C1. The highest BCUT2D eigenvalue weighted by molar-refractivity contribution is 7.88. The first-order chi connectivity index (χ1) is 16.5. The first-order valence-corrected chi connectivity index (χ1v) is 13.6. The predicted octanol–water partition coefficient (Wildman–Crippen LogP) is 2.55. The van der Waals surface area contributed by atoms with Crippen molar-refractivity contribution in [3.63, 3.8) is 0 Å². The van der Waals surface area contributed by atoms with Crippen LogP contribution in [-0.2, 0) is 38.7 Å². The van der Waals surface area contributed by atoms with Crippen molar-refractivity contribution in [1.29, 1.82) is 0 Å². The van der Waals surface area contributed by atoms with Gasteiger partial charge in [-0.25, -0.2) is 17.5 Å². The van der Waals surface area contributed by atoms with Crippen molar-refractivity contribution in [1.82, 2.24) is 19.5 Å². The van der Waals surface area contributed by atoms with Gasteiger partial charge in [0, 0.05) is 50.5 Å². The summed E-state index contributed by atoms with van der Waals surface area (Å²) in [5.41, 5.74) is -1.82. The molecule has 0 bridgehead atoms. The van der Waals surface area contributed by atoms with Crippen LogP contribution in [0.4, 0.5) is 18.0 Å². The number of amides is 2. The maximum Gasteiger partial charge on any atom is 0.417 e. The van der Waals surface area contributed by atoms with Crippen molar-refractivity contribution < 1.29 is 35.9 Å². The van der Waals surface area contributed by atoms with Crippen molar-refractivity contribution >= 4 is 22.0 Å². The number of rotatable bonds is 3. The number of halogens is 3. The molecule has 36 heavy (non-hydrogen) atoms. The number of ether oxygens (including phenoxy) is 1. The van der Waals surface area contributed by atoms with Crippen LogP contribution in [0.3, 0.4) is 0 Å². The average molecular weight is 533 g/mol. The minimum Gasteiger partial charge on any atom is -0.444 e. The maximum absolute atomic E-state index is 13.9. The first-order valence-electron chi connectivity index (χ1n) is 11.8. The zero-order chi connectivity index (χ0) is 26.7. The zero-order valence-electron chi connectivity index (χ0n) is 20.7. The Morgan fingerprint density at radius 1 is 1.25 bits per heavy atom. The van der Waals surface area contributed by atoms with Gasteiger partial charge in [0.15, 0.2) is 0 Å². The summed E-state index contributed by atoms with van der Waals surface area (Å²) in [4.78, 5) is 31.7. The lowest BCUT2D eigenvalue weighted by molar-refractivity contribution is -0.143. The van der Waals surface area contributed by atoms with E-state index in [1.54, 1.807) is 20.8 Å². The summed E-state index contributed by atoms with van der Waals surface area (Å²) in [6.07, 6.45) is -2.37. The Morgan fingerprint density at radius 2 is 1.94 bits per heavy atom. The summed E-state index contributed by atoms with van der Waals surface area (Å²) in [6, 6.07) is 0.627. The van der Waals surface area contributed by atoms with Gasteiger partial charge in [0.05, 0.1) is 17.2 Å². The van der Waals surface area contributed by atoms with Crippen molar-refractivity contribution in [2.75, 3.05) is 25.9 Å². The molecule has 2 amide bonds. The third kappa shape index (κ3) is 5.31. The van der Waals surface area contributed by atoms with Crippen molar-refractivity contribution in [2.24, 2.45) is 11.3 Å². The van der Waals surface area contributed by atoms with Gasteiger partial charge in [-0.15, -0.1) is 0 Å². The number of pyridine rings is 1. The standard InChI is InChI=1S/C23H31F3N4O5S/c1-21(2,3)35-20(32)28-17-8-16-12-30(36(4,33)34)13-22(16,9-17)19(31)29-6-5-18-14(11-29)7-15(10-27-18)23(24,25)26/h7,10,16-17H,5-6,8-9,11-13H2,1-4H3,(H,28,32)/t16-,17+,22-/m0/s1. The van der Waals surface area contributed by atoms with E-state index in [-0.39, 0.29) is 44.4 Å². The molecule has 2 fully saturated rings. The number of fused-ring (bicyclic) bond motifs is 2. The van der Waals surface area contributed by atoms with Gasteiger partial charge in [0.2, 0.25) is 15.9 Å². The zero-order valence-corrected chi connectivity index (χ0v) is 21.5. The average Bonchev–Trinajstić information content (AvgIpc) is 3.25. The van der Waals surface area contributed by atoms with Crippen molar-refractivity contribution in [3.05, 3.63) is 29.1 Å². The molecule has 0 aromatic carbocycles. The predicted molar refractivity (Wildman–Crippen MR) is 123 cm³/mol. The van der Waals surface area contributed by atoms with E-state index in [1.807, 2.05) is 0 Å². The topological polar surface area (TPSA) is 109 Å². The van der Waals surface area contributed by atoms with Gasteiger partial charge in [-0.1, -0.05) is 0 Å². The van der Waals surface area contributed by atoms with E-state index in [4.69, 9.17) is 4.74 Å². The highest BCUT2D eigenvalue weighted by Crippen LogP contribution is 2.51. The molecule has 2 aliphatic heterocycles. The molecule has 1 saturated heterocycles. The van der Waals surface area contributed by atoms with Crippen LogP contribution in [-0.4, -0.2) is 72.1 Å². The monoisotopic (exact) mass is 532 g/mol. The van der Waals surface area contributed by atoms with Gasteiger partial charge in [-0.2, -0.15) is 13.2 Å². The van der Waals surface area contributed by atoms with Crippen LogP contribution in [0.5, 0.6) is 0 Å². The molecule has 0 unspecified atom stereocenters. The van der Waals surface area contributed by atoms with Crippen molar-refractivity contribution in [2.45, 2.75) is 64.4 Å². The van der Waals surface area contributed by atoms with Crippen LogP contribution in [0.25, 0.3) is 0 Å². The second-order valence-corrected chi connectivity index (χ2v) is 13.0. The molecule has 200 valence electrons. The van der Waals surface area contributed by atoms with E-state index in [2.05, 4.69) is 10.3 Å². The maximum atomic E-state index is 13.9. The minimum absolute atomic E-state index is 0.0357. The van der Waals surface area contributed by atoms with Crippen molar-refractivity contribution in [3.8, 4) is 0 Å². The fourth-order valence-corrected chi connectivity index (χ4v) is 6.48. The molecule has 1 saturated carbocycles. The summed E-state index contributed by atoms with van der Waals surface area (Å²) in [7, 11) is -3.57. The van der Waals surface area contributed by atoms with Gasteiger partial charge in [0.25, 0.3) is 0 Å². The van der Waals surface area contributed by atoms with E-state index in [0.717, 1.165) is 18.5 Å². The molecule has 4 rings (SSSR count). The second kappa shape index (κ2) is 8.86. The summed E-state index contributed by atoms with van der Waals surface area (Å²) < 4.78 is 70.9. The third-order valence-electron chi connectivity index (χ3n) is 7.11. The lowest BCUT2D eigenvalue weighted by Crippen LogP contribution is -2.49. The van der Waals surface area contributed by atoms with Crippen LogP contribution < -0.4 is 5.32 Å². The molecule has 0 spiro atoms. The fraction of sp³-hybridized carbons (Fsp3) is 0.696. The molecule has 1 aromatic heterocycles. The number of sulfonamides is 1. The van der Waals surface area contributed by atoms with E-state index in [0.29, 0.717) is 24.1 Å². The fourth-order valence-electron chi connectivity index (χ4n) is 5.56. The quantitative estimate of drug-likeness (QED) is 0.641. The molecule has 1 aromatic rings.